The van der Waals surface area contributed by atoms with E-state index in [1.54, 1.807) is 14.0 Å². The lowest BCUT2D eigenvalue weighted by atomic mass is 10.0. The highest BCUT2D eigenvalue weighted by Crippen LogP contribution is 2.17. The number of methoxy groups -OCH3 is 1. The number of amides is 1. The highest BCUT2D eigenvalue weighted by molar-refractivity contribution is 7.13. The van der Waals surface area contributed by atoms with Gasteiger partial charge in [0.25, 0.3) is 5.91 Å². The third-order valence-electron chi connectivity index (χ3n) is 2.58. The molecule has 18 heavy (non-hydrogen) atoms. The molecular formula is C12H20N2O3S. The Hall–Kier alpha value is -0.980. The summed E-state index contributed by atoms with van der Waals surface area (Å²) in [7, 11) is 1.58. The normalized spacial score (nSPS) is 14.3. The van der Waals surface area contributed by atoms with E-state index in [-0.39, 0.29) is 12.5 Å². The van der Waals surface area contributed by atoms with Crippen molar-refractivity contribution in [2.24, 2.45) is 0 Å². The number of thiazole rings is 1. The maximum Gasteiger partial charge on any atom is 0.263 e. The first-order valence-electron chi connectivity index (χ1n) is 5.79. The quantitative estimate of drug-likeness (QED) is 0.818. The van der Waals surface area contributed by atoms with E-state index in [2.05, 4.69) is 10.3 Å². The van der Waals surface area contributed by atoms with E-state index < -0.39 is 5.60 Å². The molecule has 1 atom stereocenters. The molecular weight excluding hydrogens is 252 g/mol. The summed E-state index contributed by atoms with van der Waals surface area (Å²) >= 11 is 1.36. The highest BCUT2D eigenvalue weighted by Gasteiger charge is 2.22. The Morgan fingerprint density at radius 3 is 2.72 bits per heavy atom. The lowest BCUT2D eigenvalue weighted by Gasteiger charge is -2.23. The van der Waals surface area contributed by atoms with E-state index in [1.807, 2.05) is 13.8 Å². The van der Waals surface area contributed by atoms with Gasteiger partial charge in [0.05, 0.1) is 16.3 Å². The summed E-state index contributed by atoms with van der Waals surface area (Å²) in [5.41, 5.74) is -0.231. The molecule has 2 N–H and O–H groups in total. The van der Waals surface area contributed by atoms with Crippen LogP contribution in [0.4, 0.5) is 0 Å². The molecule has 102 valence electrons. The molecule has 6 heteroatoms. The number of hydrogen-bond acceptors (Lipinski definition) is 5. The van der Waals surface area contributed by atoms with Crippen molar-refractivity contribution in [3.63, 3.8) is 0 Å². The van der Waals surface area contributed by atoms with Gasteiger partial charge in [-0.2, -0.15) is 0 Å². The summed E-state index contributed by atoms with van der Waals surface area (Å²) in [4.78, 5) is 16.7. The summed E-state index contributed by atoms with van der Waals surface area (Å²) in [6.45, 7) is 6.01. The highest BCUT2D eigenvalue weighted by atomic mass is 32.1. The third-order valence-corrected chi connectivity index (χ3v) is 3.66. The third kappa shape index (κ3) is 4.36. The molecule has 1 unspecified atom stereocenters. The smallest absolute Gasteiger partial charge is 0.263 e. The van der Waals surface area contributed by atoms with E-state index >= 15 is 0 Å². The number of aliphatic hydroxyl groups is 1. The van der Waals surface area contributed by atoms with Crippen LogP contribution < -0.4 is 5.32 Å². The molecule has 1 aromatic heterocycles. The van der Waals surface area contributed by atoms with Crippen molar-refractivity contribution in [3.05, 3.63) is 15.6 Å². The zero-order valence-corrected chi connectivity index (χ0v) is 12.1. The Morgan fingerprint density at radius 1 is 1.56 bits per heavy atom. The average Bonchev–Trinajstić information content (AvgIpc) is 2.63. The minimum atomic E-state index is -0.959. The Bertz CT molecular complexity index is 415. The first kappa shape index (κ1) is 15.1. The van der Waals surface area contributed by atoms with Crippen molar-refractivity contribution in [1.29, 1.82) is 0 Å². The topological polar surface area (TPSA) is 71.5 Å². The van der Waals surface area contributed by atoms with Crippen LogP contribution in [0, 0.1) is 13.8 Å². The largest absolute Gasteiger partial charge is 0.388 e. The molecule has 0 spiro atoms. The van der Waals surface area contributed by atoms with Crippen LogP contribution in [0.3, 0.4) is 0 Å². The SMILES string of the molecule is COCCC(C)(O)CNC(=O)c1sc(C)nc1C. The standard InChI is InChI=1S/C12H20N2O3S/c1-8-10(18-9(2)14-8)11(15)13-7-12(3,16)5-6-17-4/h16H,5-7H2,1-4H3,(H,13,15). The van der Waals surface area contributed by atoms with Crippen LogP contribution in [0.5, 0.6) is 0 Å². The van der Waals surface area contributed by atoms with Crippen molar-refractivity contribution in [2.75, 3.05) is 20.3 Å². The van der Waals surface area contributed by atoms with Crippen molar-refractivity contribution >= 4 is 17.2 Å². The average molecular weight is 272 g/mol. The number of rotatable bonds is 6. The maximum absolute atomic E-state index is 11.9. The second kappa shape index (κ2) is 6.26. The first-order chi connectivity index (χ1) is 8.35. The second-order valence-corrected chi connectivity index (χ2v) is 5.77. The van der Waals surface area contributed by atoms with Crippen molar-refractivity contribution in [1.82, 2.24) is 10.3 Å². The molecule has 1 aromatic rings. The maximum atomic E-state index is 11.9. The van der Waals surface area contributed by atoms with E-state index in [0.29, 0.717) is 17.9 Å². The van der Waals surface area contributed by atoms with E-state index in [1.165, 1.54) is 11.3 Å². The van der Waals surface area contributed by atoms with Gasteiger partial charge in [-0.15, -0.1) is 11.3 Å². The Kier molecular flexibility index (Phi) is 5.25. The van der Waals surface area contributed by atoms with Crippen LogP contribution in [-0.2, 0) is 4.74 Å². The lowest BCUT2D eigenvalue weighted by Crippen LogP contribution is -2.41. The van der Waals surface area contributed by atoms with Crippen LogP contribution in [0.15, 0.2) is 0 Å². The second-order valence-electron chi connectivity index (χ2n) is 4.57. The molecule has 0 aliphatic rings. The molecule has 5 nitrogen and oxygen atoms in total. The number of carbonyl (C=O) groups is 1. The monoisotopic (exact) mass is 272 g/mol. The fourth-order valence-corrected chi connectivity index (χ4v) is 2.34. The number of aryl methyl sites for hydroxylation is 2. The van der Waals surface area contributed by atoms with Gasteiger partial charge >= 0.3 is 0 Å². The fraction of sp³-hybridized carbons (Fsp3) is 0.667. The number of aromatic nitrogens is 1. The number of nitrogens with one attached hydrogen (secondary N) is 1. The Labute approximate surface area is 111 Å². The Morgan fingerprint density at radius 2 is 2.22 bits per heavy atom. The molecule has 1 rings (SSSR count). The molecule has 0 radical (unpaired) electrons. The lowest BCUT2D eigenvalue weighted by molar-refractivity contribution is 0.0244. The van der Waals surface area contributed by atoms with Crippen molar-refractivity contribution < 1.29 is 14.6 Å². The number of ether oxygens (including phenoxy) is 1. The van der Waals surface area contributed by atoms with Gasteiger partial charge < -0.3 is 15.2 Å². The van der Waals surface area contributed by atoms with Crippen LogP contribution >= 0.6 is 11.3 Å². The molecule has 0 aliphatic heterocycles. The molecule has 1 heterocycles. The fourth-order valence-electron chi connectivity index (χ4n) is 1.50. The van der Waals surface area contributed by atoms with Gasteiger partial charge in [-0.3, -0.25) is 4.79 Å². The van der Waals surface area contributed by atoms with Gasteiger partial charge in [-0.25, -0.2) is 4.98 Å². The van der Waals surface area contributed by atoms with Gasteiger partial charge in [0, 0.05) is 26.7 Å². The van der Waals surface area contributed by atoms with Gasteiger partial charge in [-0.05, 0) is 20.8 Å². The summed E-state index contributed by atoms with van der Waals surface area (Å²) in [5.74, 6) is -0.184. The number of nitrogens with zero attached hydrogens (tertiary/aromatic N) is 1. The van der Waals surface area contributed by atoms with Crippen LogP contribution in [0.25, 0.3) is 0 Å². The van der Waals surface area contributed by atoms with Crippen molar-refractivity contribution in [2.45, 2.75) is 32.8 Å². The predicted molar refractivity (Wildman–Crippen MR) is 71.0 cm³/mol. The van der Waals surface area contributed by atoms with Gasteiger partial charge in [-0.1, -0.05) is 0 Å². The zero-order valence-electron chi connectivity index (χ0n) is 11.2. The van der Waals surface area contributed by atoms with Gasteiger partial charge in [0.15, 0.2) is 0 Å². The molecule has 0 fully saturated rings. The molecule has 0 bridgehead atoms. The molecule has 0 aliphatic carbocycles. The summed E-state index contributed by atoms with van der Waals surface area (Å²) in [5, 5.41) is 13.6. The molecule has 0 saturated heterocycles. The number of hydrogen-bond donors (Lipinski definition) is 2. The molecule has 1 amide bonds. The van der Waals surface area contributed by atoms with Crippen LogP contribution in [-0.4, -0.2) is 41.9 Å². The van der Waals surface area contributed by atoms with Crippen LogP contribution in [0.1, 0.15) is 33.7 Å². The van der Waals surface area contributed by atoms with E-state index in [0.717, 1.165) is 10.7 Å². The summed E-state index contributed by atoms with van der Waals surface area (Å²) in [6, 6.07) is 0. The van der Waals surface area contributed by atoms with Crippen molar-refractivity contribution in [3.8, 4) is 0 Å². The van der Waals surface area contributed by atoms with E-state index in [9.17, 15) is 9.90 Å². The predicted octanol–water partition coefficient (Wildman–Crippen LogP) is 1.28. The van der Waals surface area contributed by atoms with Crippen LogP contribution in [0.2, 0.25) is 0 Å². The van der Waals surface area contributed by atoms with Gasteiger partial charge in [0.2, 0.25) is 0 Å². The molecule has 0 aromatic carbocycles. The summed E-state index contributed by atoms with van der Waals surface area (Å²) in [6.07, 6.45) is 0.477. The zero-order chi connectivity index (χ0) is 13.8. The molecule has 0 saturated carbocycles. The first-order valence-corrected chi connectivity index (χ1v) is 6.61. The summed E-state index contributed by atoms with van der Waals surface area (Å²) < 4.78 is 4.91. The minimum Gasteiger partial charge on any atom is -0.388 e. The van der Waals surface area contributed by atoms with Gasteiger partial charge in [0.1, 0.15) is 4.88 Å². The Balaban J connectivity index is 2.53. The van der Waals surface area contributed by atoms with E-state index in [4.69, 9.17) is 4.74 Å². The number of carbonyl (C=O) groups excluding carboxylic acids is 1. The minimum absolute atomic E-state index is 0.184.